The number of nitriles is 1. The highest BCUT2D eigenvalue weighted by Gasteiger charge is 2.22. The van der Waals surface area contributed by atoms with Crippen LogP contribution in [0.2, 0.25) is 10.0 Å². The Labute approximate surface area is 130 Å². The highest BCUT2D eigenvalue weighted by Crippen LogP contribution is 2.30. The highest BCUT2D eigenvalue weighted by molar-refractivity contribution is 7.92. The molecule has 2 rings (SSSR count). The number of hydrogen-bond donors (Lipinski definition) is 1. The fourth-order valence-electron chi connectivity index (χ4n) is 1.54. The predicted octanol–water partition coefficient (Wildman–Crippen LogP) is 3.80. The quantitative estimate of drug-likeness (QED) is 0.860. The lowest BCUT2D eigenvalue weighted by atomic mass is 10.2. The normalized spacial score (nSPS) is 11.0. The Hall–Kier alpha value is -1.81. The molecule has 21 heavy (non-hydrogen) atoms. The third-order valence-corrected chi connectivity index (χ3v) is 4.75. The standard InChI is InChI=1S/C13H7Cl2FN2O2S/c14-10-5-6-11(12(15)13(10)16)21(19,20)18-9-3-1-8(7-17)2-4-9/h1-6,18H. The Bertz CT molecular complexity index is 830. The lowest BCUT2D eigenvalue weighted by Gasteiger charge is -2.10. The van der Waals surface area contributed by atoms with Gasteiger partial charge in [0.05, 0.1) is 21.7 Å². The van der Waals surface area contributed by atoms with Gasteiger partial charge in [-0.05, 0) is 36.4 Å². The van der Waals surface area contributed by atoms with Crippen molar-refractivity contribution in [2.45, 2.75) is 4.90 Å². The molecule has 0 spiro atoms. The fraction of sp³-hybridized carbons (Fsp3) is 0. The zero-order chi connectivity index (χ0) is 15.6. The van der Waals surface area contributed by atoms with Gasteiger partial charge in [0, 0.05) is 5.69 Å². The van der Waals surface area contributed by atoms with Crippen LogP contribution in [0.1, 0.15) is 5.56 Å². The molecule has 4 nitrogen and oxygen atoms in total. The first-order valence-corrected chi connectivity index (χ1v) is 7.75. The first-order valence-electron chi connectivity index (χ1n) is 5.51. The molecule has 0 unspecified atom stereocenters. The van der Waals surface area contributed by atoms with Gasteiger partial charge in [0.1, 0.15) is 4.90 Å². The minimum absolute atomic E-state index is 0.223. The zero-order valence-corrected chi connectivity index (χ0v) is 12.6. The molecule has 0 aliphatic heterocycles. The van der Waals surface area contributed by atoms with Crippen LogP contribution in [0.15, 0.2) is 41.3 Å². The summed E-state index contributed by atoms with van der Waals surface area (Å²) in [7, 11) is -4.07. The van der Waals surface area contributed by atoms with E-state index in [1.165, 1.54) is 24.3 Å². The van der Waals surface area contributed by atoms with Gasteiger partial charge >= 0.3 is 0 Å². The van der Waals surface area contributed by atoms with E-state index in [0.29, 0.717) is 5.56 Å². The van der Waals surface area contributed by atoms with E-state index >= 15 is 0 Å². The summed E-state index contributed by atoms with van der Waals surface area (Å²) in [5, 5.41) is 7.83. The summed E-state index contributed by atoms with van der Waals surface area (Å²) < 4.78 is 40.1. The number of benzene rings is 2. The molecule has 0 saturated carbocycles. The van der Waals surface area contributed by atoms with E-state index < -0.39 is 25.8 Å². The maximum atomic E-state index is 13.6. The maximum Gasteiger partial charge on any atom is 0.263 e. The third-order valence-electron chi connectivity index (χ3n) is 2.56. The van der Waals surface area contributed by atoms with Crippen molar-refractivity contribution in [1.29, 1.82) is 5.26 Å². The maximum absolute atomic E-state index is 13.6. The molecular formula is C13H7Cl2FN2O2S. The molecule has 2 aromatic carbocycles. The summed E-state index contributed by atoms with van der Waals surface area (Å²) in [6, 6.07) is 9.85. The van der Waals surface area contributed by atoms with Crippen LogP contribution in [0.5, 0.6) is 0 Å². The predicted molar refractivity (Wildman–Crippen MR) is 78.4 cm³/mol. The first-order chi connectivity index (χ1) is 9.85. The van der Waals surface area contributed by atoms with Gasteiger partial charge in [0.2, 0.25) is 0 Å². The van der Waals surface area contributed by atoms with E-state index in [2.05, 4.69) is 4.72 Å². The van der Waals surface area contributed by atoms with Crippen LogP contribution in [0.25, 0.3) is 0 Å². The van der Waals surface area contributed by atoms with Crippen LogP contribution in [-0.2, 0) is 10.0 Å². The molecule has 2 aromatic rings. The van der Waals surface area contributed by atoms with Gasteiger partial charge in [-0.2, -0.15) is 5.26 Å². The SMILES string of the molecule is N#Cc1ccc(NS(=O)(=O)c2ccc(Cl)c(F)c2Cl)cc1. The molecular weight excluding hydrogens is 338 g/mol. The molecule has 0 bridgehead atoms. The van der Waals surface area contributed by atoms with Crippen LogP contribution in [0.3, 0.4) is 0 Å². The zero-order valence-electron chi connectivity index (χ0n) is 10.3. The molecule has 8 heteroatoms. The Morgan fingerprint density at radius 3 is 2.29 bits per heavy atom. The summed E-state index contributed by atoms with van der Waals surface area (Å²) in [6.07, 6.45) is 0. The van der Waals surface area contributed by atoms with E-state index in [4.69, 9.17) is 28.5 Å². The Kier molecular flexibility index (Phi) is 4.37. The third kappa shape index (κ3) is 3.27. The second-order valence-electron chi connectivity index (χ2n) is 3.97. The topological polar surface area (TPSA) is 70.0 Å². The van der Waals surface area contributed by atoms with E-state index in [-0.39, 0.29) is 10.7 Å². The molecule has 0 aliphatic rings. The van der Waals surface area contributed by atoms with Gasteiger partial charge in [-0.1, -0.05) is 23.2 Å². The largest absolute Gasteiger partial charge is 0.280 e. The van der Waals surface area contributed by atoms with Crippen LogP contribution in [0.4, 0.5) is 10.1 Å². The van der Waals surface area contributed by atoms with E-state index in [1.807, 2.05) is 6.07 Å². The lowest BCUT2D eigenvalue weighted by molar-refractivity contribution is 0.595. The van der Waals surface area contributed by atoms with Crippen LogP contribution in [0, 0.1) is 17.1 Å². The monoisotopic (exact) mass is 344 g/mol. The number of nitrogens with zero attached hydrogens (tertiary/aromatic N) is 1. The van der Waals surface area contributed by atoms with Crippen LogP contribution in [-0.4, -0.2) is 8.42 Å². The summed E-state index contributed by atoms with van der Waals surface area (Å²) in [5.41, 5.74) is 0.606. The van der Waals surface area contributed by atoms with Crippen molar-refractivity contribution in [3.05, 3.63) is 57.8 Å². The summed E-state index contributed by atoms with van der Waals surface area (Å²) in [5.74, 6) is -0.999. The molecule has 0 aliphatic carbocycles. The van der Waals surface area contributed by atoms with Crippen molar-refractivity contribution < 1.29 is 12.8 Å². The van der Waals surface area contributed by atoms with Crippen LogP contribution < -0.4 is 4.72 Å². The second kappa shape index (κ2) is 5.90. The summed E-state index contributed by atoms with van der Waals surface area (Å²) in [6.45, 7) is 0. The Balaban J connectivity index is 2.39. The summed E-state index contributed by atoms with van der Waals surface area (Å²) in [4.78, 5) is -0.421. The minimum atomic E-state index is -4.07. The van der Waals surface area contributed by atoms with E-state index in [0.717, 1.165) is 12.1 Å². The van der Waals surface area contributed by atoms with Crippen molar-refractivity contribution in [3.8, 4) is 6.07 Å². The van der Waals surface area contributed by atoms with E-state index in [9.17, 15) is 12.8 Å². The molecule has 0 atom stereocenters. The molecule has 0 aromatic heterocycles. The molecule has 1 N–H and O–H groups in total. The van der Waals surface area contributed by atoms with Gasteiger partial charge in [-0.3, -0.25) is 4.72 Å². The molecule has 0 fully saturated rings. The van der Waals surface area contributed by atoms with Gasteiger partial charge in [0.25, 0.3) is 10.0 Å². The molecule has 0 saturated heterocycles. The Morgan fingerprint density at radius 1 is 1.10 bits per heavy atom. The van der Waals surface area contributed by atoms with Gasteiger partial charge < -0.3 is 0 Å². The average molecular weight is 345 g/mol. The number of anilines is 1. The van der Waals surface area contributed by atoms with Crippen molar-refractivity contribution in [2.75, 3.05) is 4.72 Å². The Morgan fingerprint density at radius 2 is 1.71 bits per heavy atom. The summed E-state index contributed by atoms with van der Waals surface area (Å²) >= 11 is 11.2. The van der Waals surface area contributed by atoms with Crippen molar-refractivity contribution in [1.82, 2.24) is 0 Å². The van der Waals surface area contributed by atoms with Gasteiger partial charge in [0.15, 0.2) is 5.82 Å². The number of halogens is 3. The van der Waals surface area contributed by atoms with Crippen molar-refractivity contribution >= 4 is 38.9 Å². The molecule has 0 radical (unpaired) electrons. The van der Waals surface area contributed by atoms with Crippen LogP contribution >= 0.6 is 23.2 Å². The lowest BCUT2D eigenvalue weighted by Crippen LogP contribution is -2.14. The minimum Gasteiger partial charge on any atom is -0.280 e. The number of nitrogens with one attached hydrogen (secondary N) is 1. The van der Waals surface area contributed by atoms with Crippen molar-refractivity contribution in [3.63, 3.8) is 0 Å². The smallest absolute Gasteiger partial charge is 0.263 e. The number of sulfonamides is 1. The average Bonchev–Trinajstić information content (AvgIpc) is 2.45. The second-order valence-corrected chi connectivity index (χ2v) is 6.40. The molecule has 108 valence electrons. The molecule has 0 heterocycles. The van der Waals surface area contributed by atoms with E-state index in [1.54, 1.807) is 0 Å². The fourth-order valence-corrected chi connectivity index (χ4v) is 3.34. The highest BCUT2D eigenvalue weighted by atomic mass is 35.5. The van der Waals surface area contributed by atoms with Gasteiger partial charge in [-0.15, -0.1) is 0 Å². The van der Waals surface area contributed by atoms with Gasteiger partial charge in [-0.25, -0.2) is 12.8 Å². The first kappa shape index (κ1) is 15.6. The van der Waals surface area contributed by atoms with Crippen molar-refractivity contribution in [2.24, 2.45) is 0 Å². The number of rotatable bonds is 3. The molecule has 0 amide bonds. The number of hydrogen-bond acceptors (Lipinski definition) is 3.